The number of esters is 1. The maximum atomic E-state index is 12.2. The zero-order valence-electron chi connectivity index (χ0n) is 14.3. The number of ether oxygens (including phenoxy) is 1. The first-order valence-electron chi connectivity index (χ1n) is 8.18. The molecule has 0 aromatic heterocycles. The van der Waals surface area contributed by atoms with Crippen molar-refractivity contribution >= 4 is 5.97 Å². The third kappa shape index (κ3) is 7.25. The van der Waals surface area contributed by atoms with Crippen molar-refractivity contribution in [3.05, 3.63) is 0 Å². The Balaban J connectivity index is 2.20. The first kappa shape index (κ1) is 18.4. The van der Waals surface area contributed by atoms with Crippen LogP contribution in [0.1, 0.15) is 33.1 Å². The Bertz CT molecular complexity index is 300. The number of hydrogen-bond donors (Lipinski definition) is 1. The van der Waals surface area contributed by atoms with Gasteiger partial charge in [0, 0.05) is 26.2 Å². The molecule has 0 unspecified atom stereocenters. The predicted octanol–water partition coefficient (Wildman–Crippen LogP) is 1.19. The second kappa shape index (κ2) is 9.38. The molecule has 0 atom stereocenters. The van der Waals surface area contributed by atoms with Gasteiger partial charge in [0.15, 0.2) is 0 Å². The molecular weight excluding hydrogens is 266 g/mol. The molecule has 0 spiro atoms. The quantitative estimate of drug-likeness (QED) is 0.512. The summed E-state index contributed by atoms with van der Waals surface area (Å²) in [5.74, 6) is -0.0546. The van der Waals surface area contributed by atoms with E-state index in [1.54, 1.807) is 0 Å². The highest BCUT2D eigenvalue weighted by molar-refractivity contribution is 5.75. The Morgan fingerprint density at radius 3 is 2.48 bits per heavy atom. The van der Waals surface area contributed by atoms with E-state index in [-0.39, 0.29) is 11.4 Å². The molecule has 1 aliphatic rings. The molecule has 0 aromatic carbocycles. The van der Waals surface area contributed by atoms with E-state index in [0.29, 0.717) is 6.61 Å². The normalized spacial score (nSPS) is 17.9. The molecule has 1 aliphatic heterocycles. The summed E-state index contributed by atoms with van der Waals surface area (Å²) in [5, 5.41) is 3.10. The van der Waals surface area contributed by atoms with Crippen molar-refractivity contribution < 1.29 is 9.53 Å². The van der Waals surface area contributed by atoms with Crippen molar-refractivity contribution in [2.45, 2.75) is 33.1 Å². The summed E-state index contributed by atoms with van der Waals surface area (Å²) in [6.07, 6.45) is 2.85. The SMILES string of the molecule is CNCCCCOC(=O)C(C)(C)CCN1CCN(C)CC1. The Labute approximate surface area is 130 Å². The topological polar surface area (TPSA) is 44.8 Å². The van der Waals surface area contributed by atoms with Crippen LogP contribution in [-0.2, 0) is 9.53 Å². The number of carbonyl (C=O) groups is 1. The molecular formula is C16H33N3O2. The van der Waals surface area contributed by atoms with Gasteiger partial charge in [0.05, 0.1) is 12.0 Å². The third-order valence-electron chi connectivity index (χ3n) is 4.26. The molecule has 0 aromatic rings. The van der Waals surface area contributed by atoms with Gasteiger partial charge in [0.2, 0.25) is 0 Å². The summed E-state index contributed by atoms with van der Waals surface area (Å²) in [6, 6.07) is 0. The smallest absolute Gasteiger partial charge is 0.311 e. The van der Waals surface area contributed by atoms with Crippen LogP contribution >= 0.6 is 0 Å². The number of hydrogen-bond acceptors (Lipinski definition) is 5. The molecule has 21 heavy (non-hydrogen) atoms. The van der Waals surface area contributed by atoms with Gasteiger partial charge in [0.25, 0.3) is 0 Å². The molecule has 0 saturated carbocycles. The molecule has 5 nitrogen and oxygen atoms in total. The van der Waals surface area contributed by atoms with E-state index in [4.69, 9.17) is 4.74 Å². The zero-order chi connectivity index (χ0) is 15.7. The van der Waals surface area contributed by atoms with Crippen LogP contribution in [0.3, 0.4) is 0 Å². The van der Waals surface area contributed by atoms with E-state index in [0.717, 1.165) is 58.5 Å². The minimum atomic E-state index is -0.383. The molecule has 1 rings (SSSR count). The van der Waals surface area contributed by atoms with E-state index < -0.39 is 0 Å². The average Bonchev–Trinajstić information content (AvgIpc) is 2.46. The highest BCUT2D eigenvalue weighted by atomic mass is 16.5. The van der Waals surface area contributed by atoms with Crippen molar-refractivity contribution in [1.29, 1.82) is 0 Å². The average molecular weight is 299 g/mol. The van der Waals surface area contributed by atoms with Crippen LogP contribution in [0, 0.1) is 5.41 Å². The van der Waals surface area contributed by atoms with Crippen LogP contribution in [0.4, 0.5) is 0 Å². The molecule has 1 saturated heterocycles. The Morgan fingerprint density at radius 1 is 1.19 bits per heavy atom. The zero-order valence-corrected chi connectivity index (χ0v) is 14.3. The lowest BCUT2D eigenvalue weighted by Gasteiger charge is -2.34. The summed E-state index contributed by atoms with van der Waals surface area (Å²) >= 11 is 0. The molecule has 0 bridgehead atoms. The summed E-state index contributed by atoms with van der Waals surface area (Å²) in [6.45, 7) is 10.9. The molecule has 1 fully saturated rings. The Kier molecular flexibility index (Phi) is 8.22. The van der Waals surface area contributed by atoms with E-state index in [1.807, 2.05) is 20.9 Å². The van der Waals surface area contributed by atoms with Gasteiger partial charge < -0.3 is 19.9 Å². The van der Waals surface area contributed by atoms with Crippen molar-refractivity contribution in [1.82, 2.24) is 15.1 Å². The number of nitrogens with one attached hydrogen (secondary N) is 1. The number of rotatable bonds is 9. The van der Waals surface area contributed by atoms with Crippen LogP contribution in [0.25, 0.3) is 0 Å². The van der Waals surface area contributed by atoms with Crippen molar-refractivity contribution in [3.63, 3.8) is 0 Å². The van der Waals surface area contributed by atoms with Crippen LogP contribution in [0.5, 0.6) is 0 Å². The second-order valence-corrected chi connectivity index (χ2v) is 6.73. The first-order chi connectivity index (χ1) is 9.95. The van der Waals surface area contributed by atoms with Gasteiger partial charge in [-0.25, -0.2) is 0 Å². The lowest BCUT2D eigenvalue weighted by molar-refractivity contribution is -0.154. The minimum absolute atomic E-state index is 0.0546. The fraction of sp³-hybridized carbons (Fsp3) is 0.938. The standard InChI is InChI=1S/C16H33N3O2/c1-16(2,15(20)21-14-6-5-8-17-3)7-9-19-12-10-18(4)11-13-19/h17H,5-14H2,1-4H3. The minimum Gasteiger partial charge on any atom is -0.465 e. The summed E-state index contributed by atoms with van der Waals surface area (Å²) in [5.41, 5.74) is -0.383. The van der Waals surface area contributed by atoms with Crippen molar-refractivity contribution in [2.24, 2.45) is 5.41 Å². The molecule has 0 aliphatic carbocycles. The van der Waals surface area contributed by atoms with Crippen LogP contribution in [0.15, 0.2) is 0 Å². The number of nitrogens with zero attached hydrogens (tertiary/aromatic N) is 2. The van der Waals surface area contributed by atoms with E-state index in [9.17, 15) is 4.79 Å². The van der Waals surface area contributed by atoms with Gasteiger partial charge in [-0.05, 0) is 60.3 Å². The van der Waals surface area contributed by atoms with Crippen molar-refractivity contribution in [3.8, 4) is 0 Å². The fourth-order valence-electron chi connectivity index (χ4n) is 2.38. The van der Waals surface area contributed by atoms with Crippen LogP contribution in [-0.4, -0.2) is 75.7 Å². The monoisotopic (exact) mass is 299 g/mol. The number of piperazine rings is 1. The molecule has 1 N–H and O–H groups in total. The Morgan fingerprint density at radius 2 is 1.86 bits per heavy atom. The third-order valence-corrected chi connectivity index (χ3v) is 4.26. The van der Waals surface area contributed by atoms with Gasteiger partial charge in [0.1, 0.15) is 0 Å². The van der Waals surface area contributed by atoms with E-state index in [1.165, 1.54) is 0 Å². The largest absolute Gasteiger partial charge is 0.465 e. The number of carbonyl (C=O) groups excluding carboxylic acids is 1. The van der Waals surface area contributed by atoms with Gasteiger partial charge in [-0.2, -0.15) is 0 Å². The molecule has 1 heterocycles. The molecule has 5 heteroatoms. The maximum Gasteiger partial charge on any atom is 0.311 e. The summed E-state index contributed by atoms with van der Waals surface area (Å²) in [4.78, 5) is 17.0. The second-order valence-electron chi connectivity index (χ2n) is 6.73. The predicted molar refractivity (Wildman–Crippen MR) is 86.5 cm³/mol. The molecule has 124 valence electrons. The lowest BCUT2D eigenvalue weighted by Crippen LogP contribution is -2.45. The lowest BCUT2D eigenvalue weighted by atomic mass is 9.89. The van der Waals surface area contributed by atoms with Gasteiger partial charge in [-0.1, -0.05) is 0 Å². The molecule has 0 amide bonds. The van der Waals surface area contributed by atoms with Gasteiger partial charge in [-0.15, -0.1) is 0 Å². The summed E-state index contributed by atoms with van der Waals surface area (Å²) < 4.78 is 5.42. The van der Waals surface area contributed by atoms with Gasteiger partial charge in [-0.3, -0.25) is 4.79 Å². The first-order valence-corrected chi connectivity index (χ1v) is 8.18. The molecule has 0 radical (unpaired) electrons. The summed E-state index contributed by atoms with van der Waals surface area (Å²) in [7, 11) is 4.10. The number of unbranched alkanes of at least 4 members (excludes halogenated alkanes) is 1. The van der Waals surface area contributed by atoms with E-state index in [2.05, 4.69) is 22.2 Å². The van der Waals surface area contributed by atoms with Crippen molar-refractivity contribution in [2.75, 3.05) is 60.0 Å². The van der Waals surface area contributed by atoms with Gasteiger partial charge >= 0.3 is 5.97 Å². The Hall–Kier alpha value is -0.650. The van der Waals surface area contributed by atoms with Crippen LogP contribution < -0.4 is 5.32 Å². The van der Waals surface area contributed by atoms with E-state index >= 15 is 0 Å². The van der Waals surface area contributed by atoms with Crippen LogP contribution in [0.2, 0.25) is 0 Å². The maximum absolute atomic E-state index is 12.2. The number of likely N-dealkylation sites (N-methyl/N-ethyl adjacent to an activating group) is 1. The highest BCUT2D eigenvalue weighted by Gasteiger charge is 2.30. The highest BCUT2D eigenvalue weighted by Crippen LogP contribution is 2.23. The fourth-order valence-corrected chi connectivity index (χ4v) is 2.38.